The Kier molecular flexibility index (Phi) is 3.47. The van der Waals surface area contributed by atoms with Crippen molar-refractivity contribution in [2.45, 2.75) is 45.6 Å². The zero-order chi connectivity index (χ0) is 13.2. The monoisotopic (exact) mass is 245 g/mol. The fourth-order valence-electron chi connectivity index (χ4n) is 2.51. The molecule has 0 aromatic heterocycles. The van der Waals surface area contributed by atoms with Crippen molar-refractivity contribution in [3.63, 3.8) is 0 Å². The average molecular weight is 245 g/mol. The maximum atomic E-state index is 9.79. The highest BCUT2D eigenvalue weighted by Crippen LogP contribution is 2.40. The number of aromatic hydroxyl groups is 1. The second kappa shape index (κ2) is 4.89. The second-order valence-corrected chi connectivity index (χ2v) is 5.78. The molecule has 96 valence electrons. The van der Waals surface area contributed by atoms with Gasteiger partial charge in [0.2, 0.25) is 0 Å². The van der Waals surface area contributed by atoms with Crippen molar-refractivity contribution in [1.82, 2.24) is 0 Å². The summed E-state index contributed by atoms with van der Waals surface area (Å²) in [6.45, 7) is 4.48. The summed E-state index contributed by atoms with van der Waals surface area (Å²) in [6.07, 6.45) is 3.69. The summed E-state index contributed by atoms with van der Waals surface area (Å²) in [4.78, 5) is 0. The highest BCUT2D eigenvalue weighted by atomic mass is 16.5. The number of phenols is 1. The van der Waals surface area contributed by atoms with Gasteiger partial charge in [-0.1, -0.05) is 19.9 Å². The van der Waals surface area contributed by atoms with E-state index in [2.05, 4.69) is 19.9 Å². The Morgan fingerprint density at radius 3 is 2.89 bits per heavy atom. The summed E-state index contributed by atoms with van der Waals surface area (Å²) >= 11 is 0. The molecule has 1 unspecified atom stereocenters. The van der Waals surface area contributed by atoms with E-state index in [1.807, 2.05) is 0 Å². The van der Waals surface area contributed by atoms with Crippen LogP contribution in [0.2, 0.25) is 0 Å². The molecule has 1 N–H and O–H groups in total. The van der Waals surface area contributed by atoms with Gasteiger partial charge in [0, 0.05) is 0 Å². The lowest BCUT2D eigenvalue weighted by molar-refractivity contribution is 0.186. The first-order chi connectivity index (χ1) is 8.50. The Balaban J connectivity index is 2.09. The van der Waals surface area contributed by atoms with Gasteiger partial charge < -0.3 is 9.84 Å². The highest BCUT2D eigenvalue weighted by Gasteiger charge is 2.32. The molecule has 1 aromatic carbocycles. The number of benzene rings is 1. The van der Waals surface area contributed by atoms with Gasteiger partial charge in [-0.25, -0.2) is 0 Å². The molecule has 0 saturated heterocycles. The van der Waals surface area contributed by atoms with E-state index in [0.29, 0.717) is 17.6 Å². The third kappa shape index (κ3) is 2.95. The molecule has 1 aliphatic rings. The Morgan fingerprint density at radius 2 is 2.28 bits per heavy atom. The zero-order valence-electron chi connectivity index (χ0n) is 10.9. The second-order valence-electron chi connectivity index (χ2n) is 5.78. The zero-order valence-corrected chi connectivity index (χ0v) is 10.9. The van der Waals surface area contributed by atoms with Gasteiger partial charge in [-0.15, -0.1) is 0 Å². The van der Waals surface area contributed by atoms with Crippen molar-refractivity contribution >= 4 is 0 Å². The number of nitrogens with zero attached hydrogens (tertiary/aromatic N) is 1. The normalized spacial score (nSPS) is 21.5. The smallest absolute Gasteiger partial charge is 0.161 e. The third-order valence-corrected chi connectivity index (χ3v) is 3.52. The molecule has 1 saturated carbocycles. The first kappa shape index (κ1) is 12.8. The quantitative estimate of drug-likeness (QED) is 0.887. The van der Waals surface area contributed by atoms with Gasteiger partial charge in [0.15, 0.2) is 11.5 Å². The SMILES string of the molecule is CC1(C)CCC(Oc2cc(CC#N)ccc2O)C1. The summed E-state index contributed by atoms with van der Waals surface area (Å²) in [5.41, 5.74) is 1.20. The van der Waals surface area contributed by atoms with Gasteiger partial charge in [0.05, 0.1) is 18.6 Å². The minimum Gasteiger partial charge on any atom is -0.504 e. The first-order valence-corrected chi connectivity index (χ1v) is 6.36. The number of ether oxygens (including phenoxy) is 1. The van der Waals surface area contributed by atoms with Gasteiger partial charge >= 0.3 is 0 Å². The summed E-state index contributed by atoms with van der Waals surface area (Å²) in [5.74, 6) is 0.659. The maximum Gasteiger partial charge on any atom is 0.161 e. The predicted octanol–water partition coefficient (Wildman–Crippen LogP) is 3.42. The minimum atomic E-state index is 0.154. The van der Waals surface area contributed by atoms with E-state index < -0.39 is 0 Å². The van der Waals surface area contributed by atoms with Crippen LogP contribution in [-0.4, -0.2) is 11.2 Å². The van der Waals surface area contributed by atoms with E-state index in [4.69, 9.17) is 10.00 Å². The summed E-state index contributed by atoms with van der Waals surface area (Å²) < 4.78 is 5.87. The molecule has 0 radical (unpaired) electrons. The van der Waals surface area contributed by atoms with E-state index in [9.17, 15) is 5.11 Å². The fourth-order valence-corrected chi connectivity index (χ4v) is 2.51. The fraction of sp³-hybridized carbons (Fsp3) is 0.533. The molecule has 0 heterocycles. The molecule has 3 heteroatoms. The molecule has 0 amide bonds. The molecule has 2 rings (SSSR count). The summed E-state index contributed by atoms with van der Waals surface area (Å²) in [5, 5.41) is 18.5. The molecule has 1 aliphatic carbocycles. The van der Waals surface area contributed by atoms with Gasteiger partial charge in [-0.2, -0.15) is 5.26 Å². The van der Waals surface area contributed by atoms with Crippen LogP contribution in [0.15, 0.2) is 18.2 Å². The number of hydrogen-bond acceptors (Lipinski definition) is 3. The Hall–Kier alpha value is -1.69. The lowest BCUT2D eigenvalue weighted by Crippen LogP contribution is -2.15. The molecular weight excluding hydrogens is 226 g/mol. The van der Waals surface area contributed by atoms with Crippen molar-refractivity contribution in [3.05, 3.63) is 23.8 Å². The predicted molar refractivity (Wildman–Crippen MR) is 69.5 cm³/mol. The largest absolute Gasteiger partial charge is 0.504 e. The lowest BCUT2D eigenvalue weighted by Gasteiger charge is -2.18. The lowest BCUT2D eigenvalue weighted by atomic mass is 9.92. The molecule has 0 spiro atoms. The number of hydrogen-bond donors (Lipinski definition) is 1. The topological polar surface area (TPSA) is 53.2 Å². The van der Waals surface area contributed by atoms with Gasteiger partial charge in [0.1, 0.15) is 0 Å². The molecular formula is C15H19NO2. The first-order valence-electron chi connectivity index (χ1n) is 6.36. The van der Waals surface area contributed by atoms with E-state index in [1.54, 1.807) is 18.2 Å². The van der Waals surface area contributed by atoms with Crippen LogP contribution in [0.5, 0.6) is 11.5 Å². The van der Waals surface area contributed by atoms with Crippen LogP contribution in [0.3, 0.4) is 0 Å². The molecule has 1 fully saturated rings. The van der Waals surface area contributed by atoms with E-state index in [1.165, 1.54) is 0 Å². The van der Waals surface area contributed by atoms with Crippen molar-refractivity contribution in [1.29, 1.82) is 5.26 Å². The number of rotatable bonds is 3. The van der Waals surface area contributed by atoms with Gasteiger partial charge in [-0.05, 0) is 42.4 Å². The van der Waals surface area contributed by atoms with Crippen LogP contribution in [0.4, 0.5) is 0 Å². The van der Waals surface area contributed by atoms with E-state index in [0.717, 1.165) is 24.8 Å². The van der Waals surface area contributed by atoms with Crippen molar-refractivity contribution in [2.24, 2.45) is 5.41 Å². The summed E-state index contributed by atoms with van der Waals surface area (Å²) in [6, 6.07) is 7.22. The van der Waals surface area contributed by atoms with Crippen LogP contribution in [-0.2, 0) is 6.42 Å². The van der Waals surface area contributed by atoms with Crippen molar-refractivity contribution in [3.8, 4) is 17.6 Å². The van der Waals surface area contributed by atoms with E-state index in [-0.39, 0.29) is 11.9 Å². The van der Waals surface area contributed by atoms with Crippen LogP contribution in [0.1, 0.15) is 38.7 Å². The number of phenolic OH excluding ortho intramolecular Hbond substituents is 1. The molecule has 18 heavy (non-hydrogen) atoms. The third-order valence-electron chi connectivity index (χ3n) is 3.52. The maximum absolute atomic E-state index is 9.79. The standard InChI is InChI=1S/C15H19NO2/c1-15(2)7-5-12(10-15)18-14-9-11(6-8-16)3-4-13(14)17/h3-4,9,12,17H,5-7,10H2,1-2H3. The Morgan fingerprint density at radius 1 is 1.50 bits per heavy atom. The van der Waals surface area contributed by atoms with Crippen LogP contribution in [0.25, 0.3) is 0 Å². The van der Waals surface area contributed by atoms with Crippen LogP contribution < -0.4 is 4.74 Å². The Labute approximate surface area is 108 Å². The Bertz CT molecular complexity index is 474. The minimum absolute atomic E-state index is 0.154. The van der Waals surface area contributed by atoms with Crippen molar-refractivity contribution in [2.75, 3.05) is 0 Å². The molecule has 1 atom stereocenters. The molecule has 0 aliphatic heterocycles. The van der Waals surface area contributed by atoms with Crippen molar-refractivity contribution < 1.29 is 9.84 Å². The summed E-state index contributed by atoms with van der Waals surface area (Å²) in [7, 11) is 0. The molecule has 1 aromatic rings. The average Bonchev–Trinajstić information content (AvgIpc) is 2.63. The highest BCUT2D eigenvalue weighted by molar-refractivity contribution is 5.42. The van der Waals surface area contributed by atoms with E-state index >= 15 is 0 Å². The van der Waals surface area contributed by atoms with Gasteiger partial charge in [-0.3, -0.25) is 0 Å². The van der Waals surface area contributed by atoms with Crippen LogP contribution in [0, 0.1) is 16.7 Å². The molecule has 3 nitrogen and oxygen atoms in total. The van der Waals surface area contributed by atoms with Gasteiger partial charge in [0.25, 0.3) is 0 Å². The van der Waals surface area contributed by atoms with Crippen LogP contribution >= 0.6 is 0 Å². The molecule has 0 bridgehead atoms. The number of nitriles is 1.